The normalized spacial score (nSPS) is 8.40. The zero-order chi connectivity index (χ0) is 7.98. The molecule has 0 spiro atoms. The van der Waals surface area contributed by atoms with E-state index in [4.69, 9.17) is 5.11 Å². The Kier molecular flexibility index (Phi) is 3.78. The van der Waals surface area contributed by atoms with Gasteiger partial charge in [0.2, 0.25) is 0 Å². The molecule has 0 heterocycles. The van der Waals surface area contributed by atoms with Gasteiger partial charge >= 0.3 is 12.2 Å². The number of primary amides is 1. The van der Waals surface area contributed by atoms with E-state index in [1.54, 1.807) is 0 Å². The summed E-state index contributed by atoms with van der Waals surface area (Å²) in [4.78, 5) is 19.6. The number of nitrogens with two attached hydrogens (primary N) is 1. The van der Waals surface area contributed by atoms with Gasteiger partial charge in [-0.2, -0.15) is 0 Å². The monoisotopic (exact) mass is 148 g/mol. The van der Waals surface area contributed by atoms with Crippen molar-refractivity contribution in [3.63, 3.8) is 0 Å². The van der Waals surface area contributed by atoms with Crippen LogP contribution in [0.25, 0.3) is 0 Å². The third-order valence-corrected chi connectivity index (χ3v) is 0.627. The van der Waals surface area contributed by atoms with Crippen molar-refractivity contribution in [2.24, 2.45) is 5.73 Å². The van der Waals surface area contributed by atoms with Crippen LogP contribution in [0.3, 0.4) is 0 Å². The van der Waals surface area contributed by atoms with Gasteiger partial charge in [0, 0.05) is 0 Å². The van der Waals surface area contributed by atoms with Crippen molar-refractivity contribution in [3.05, 3.63) is 0 Å². The van der Waals surface area contributed by atoms with Gasteiger partial charge < -0.3 is 20.9 Å². The summed E-state index contributed by atoms with van der Waals surface area (Å²) in [5.41, 5.74) is 4.66. The Morgan fingerprint density at radius 1 is 1.60 bits per heavy atom. The minimum atomic E-state index is -1.37. The average molecular weight is 148 g/mol. The summed E-state index contributed by atoms with van der Waals surface area (Å²) in [7, 11) is 0. The number of urea groups is 1. The first kappa shape index (κ1) is 8.54. The van der Waals surface area contributed by atoms with Gasteiger partial charge in [-0.25, -0.2) is 9.59 Å². The predicted molar refractivity (Wildman–Crippen MR) is 31.6 cm³/mol. The Hall–Kier alpha value is -1.46. The molecule has 6 heteroatoms. The van der Waals surface area contributed by atoms with Crippen LogP contribution >= 0.6 is 0 Å². The Labute approximate surface area is 57.0 Å². The fourth-order valence-electron chi connectivity index (χ4n) is 0.313. The van der Waals surface area contributed by atoms with Crippen LogP contribution < -0.4 is 11.1 Å². The average Bonchev–Trinajstić information content (AvgIpc) is 1.79. The van der Waals surface area contributed by atoms with Gasteiger partial charge in [-0.15, -0.1) is 0 Å². The largest absolute Gasteiger partial charge is 0.505 e. The molecule has 0 aromatic carbocycles. The molecule has 0 aliphatic heterocycles. The van der Waals surface area contributed by atoms with E-state index in [1.165, 1.54) is 0 Å². The molecule has 0 aliphatic carbocycles. The van der Waals surface area contributed by atoms with Gasteiger partial charge in [-0.1, -0.05) is 0 Å². The second kappa shape index (κ2) is 4.42. The Morgan fingerprint density at radius 3 is 2.60 bits per heavy atom. The van der Waals surface area contributed by atoms with E-state index in [9.17, 15) is 9.59 Å². The third kappa shape index (κ3) is 6.54. The van der Waals surface area contributed by atoms with E-state index in [1.807, 2.05) is 0 Å². The van der Waals surface area contributed by atoms with E-state index >= 15 is 0 Å². The molecule has 0 aromatic rings. The highest BCUT2D eigenvalue weighted by Crippen LogP contribution is 1.72. The Balaban J connectivity index is 3.06. The molecule has 0 rings (SSSR count). The minimum Gasteiger partial charge on any atom is -0.450 e. The van der Waals surface area contributed by atoms with E-state index in [0.717, 1.165) is 0 Å². The number of amides is 2. The number of carbonyl (C=O) groups is 2. The van der Waals surface area contributed by atoms with Crippen LogP contribution in [0, 0.1) is 0 Å². The van der Waals surface area contributed by atoms with E-state index in [2.05, 4.69) is 15.8 Å². The van der Waals surface area contributed by atoms with Gasteiger partial charge in [0.05, 0.1) is 6.54 Å². The SMILES string of the molecule is NC(=O)NCCOC(=O)O. The second-order valence-electron chi connectivity index (χ2n) is 1.41. The maximum absolute atomic E-state index is 9.95. The Bertz CT molecular complexity index is 119. The van der Waals surface area contributed by atoms with Gasteiger partial charge in [0.1, 0.15) is 6.61 Å². The lowest BCUT2D eigenvalue weighted by atomic mass is 10.7. The maximum Gasteiger partial charge on any atom is 0.505 e. The van der Waals surface area contributed by atoms with Gasteiger partial charge in [0.15, 0.2) is 0 Å². The van der Waals surface area contributed by atoms with Crippen molar-refractivity contribution in [2.75, 3.05) is 13.2 Å². The number of hydrogen-bond acceptors (Lipinski definition) is 3. The van der Waals surface area contributed by atoms with E-state index in [0.29, 0.717) is 0 Å². The van der Waals surface area contributed by atoms with Crippen molar-refractivity contribution in [1.29, 1.82) is 0 Å². The number of hydrogen-bond donors (Lipinski definition) is 3. The number of rotatable bonds is 3. The molecule has 0 saturated carbocycles. The smallest absolute Gasteiger partial charge is 0.450 e. The molecule has 0 aliphatic rings. The molecule has 0 aromatic heterocycles. The zero-order valence-corrected chi connectivity index (χ0v) is 5.16. The summed E-state index contributed by atoms with van der Waals surface area (Å²) in [6.45, 7) is 0.0138. The molecule has 0 atom stereocenters. The van der Waals surface area contributed by atoms with Crippen molar-refractivity contribution in [1.82, 2.24) is 5.32 Å². The molecule has 0 bridgehead atoms. The first-order chi connectivity index (χ1) is 4.63. The van der Waals surface area contributed by atoms with E-state index in [-0.39, 0.29) is 13.2 Å². The van der Waals surface area contributed by atoms with E-state index < -0.39 is 12.2 Å². The number of carboxylic acid groups (broad SMARTS) is 1. The Morgan fingerprint density at radius 2 is 2.20 bits per heavy atom. The highest BCUT2D eigenvalue weighted by Gasteiger charge is 1.95. The first-order valence-corrected chi connectivity index (χ1v) is 2.52. The van der Waals surface area contributed by atoms with Crippen LogP contribution in [0.4, 0.5) is 9.59 Å². The topological polar surface area (TPSA) is 102 Å². The summed E-state index contributed by atoms with van der Waals surface area (Å²) < 4.78 is 4.04. The van der Waals surface area contributed by atoms with Crippen LogP contribution in [0.2, 0.25) is 0 Å². The lowest BCUT2D eigenvalue weighted by Gasteiger charge is -1.99. The highest BCUT2D eigenvalue weighted by molar-refractivity contribution is 5.71. The molecule has 58 valence electrons. The van der Waals surface area contributed by atoms with Crippen LogP contribution in [0.1, 0.15) is 0 Å². The molecular weight excluding hydrogens is 140 g/mol. The molecule has 0 saturated heterocycles. The van der Waals surface area contributed by atoms with Gasteiger partial charge in [-0.05, 0) is 0 Å². The maximum atomic E-state index is 9.95. The number of ether oxygens (including phenoxy) is 1. The molecule has 0 radical (unpaired) electrons. The molecule has 0 fully saturated rings. The zero-order valence-electron chi connectivity index (χ0n) is 5.16. The number of nitrogens with one attached hydrogen (secondary N) is 1. The van der Waals surface area contributed by atoms with Crippen molar-refractivity contribution < 1.29 is 19.4 Å². The number of carbonyl (C=O) groups excluding carboxylic acids is 1. The lowest BCUT2D eigenvalue weighted by molar-refractivity contribution is 0.0928. The standard InChI is InChI=1S/C4H8N2O4/c5-3(7)6-1-2-10-4(8)9/h1-2H2,(H,8,9)(H3,5,6,7). The van der Waals surface area contributed by atoms with Crippen LogP contribution in [-0.4, -0.2) is 30.4 Å². The van der Waals surface area contributed by atoms with Crippen LogP contribution in [0.5, 0.6) is 0 Å². The summed E-state index contributed by atoms with van der Waals surface area (Å²) >= 11 is 0. The lowest BCUT2D eigenvalue weighted by Crippen LogP contribution is -2.32. The fourth-order valence-corrected chi connectivity index (χ4v) is 0.313. The van der Waals surface area contributed by atoms with Crippen molar-refractivity contribution in [2.45, 2.75) is 0 Å². The predicted octanol–water partition coefficient (Wildman–Crippen LogP) is -0.651. The van der Waals surface area contributed by atoms with Gasteiger partial charge in [-0.3, -0.25) is 0 Å². The molecule has 10 heavy (non-hydrogen) atoms. The first-order valence-electron chi connectivity index (χ1n) is 2.52. The molecular formula is C4H8N2O4. The summed E-state index contributed by atoms with van der Waals surface area (Å²) in [6, 6.07) is -0.700. The summed E-state index contributed by atoms with van der Waals surface area (Å²) in [5, 5.41) is 10.1. The molecule has 0 unspecified atom stereocenters. The minimum absolute atomic E-state index is 0.0850. The van der Waals surface area contributed by atoms with Crippen molar-refractivity contribution in [3.8, 4) is 0 Å². The quantitative estimate of drug-likeness (QED) is 0.365. The van der Waals surface area contributed by atoms with Gasteiger partial charge in [0.25, 0.3) is 0 Å². The van der Waals surface area contributed by atoms with Crippen LogP contribution in [-0.2, 0) is 4.74 Å². The summed E-state index contributed by atoms with van der Waals surface area (Å²) in [6.07, 6.45) is -1.37. The molecule has 6 nitrogen and oxygen atoms in total. The van der Waals surface area contributed by atoms with Crippen molar-refractivity contribution >= 4 is 12.2 Å². The fraction of sp³-hybridized carbons (Fsp3) is 0.500. The molecule has 4 N–H and O–H groups in total. The summed E-state index contributed by atoms with van der Waals surface area (Å²) in [5.74, 6) is 0. The highest BCUT2D eigenvalue weighted by atomic mass is 16.7. The van der Waals surface area contributed by atoms with Crippen LogP contribution in [0.15, 0.2) is 0 Å². The molecule has 2 amide bonds. The third-order valence-electron chi connectivity index (χ3n) is 0.627. The second-order valence-corrected chi connectivity index (χ2v) is 1.41.